The van der Waals surface area contributed by atoms with Crippen LogP contribution in [0.3, 0.4) is 0 Å². The predicted molar refractivity (Wildman–Crippen MR) is 82.6 cm³/mol. The molecule has 19 heavy (non-hydrogen) atoms. The van der Waals surface area contributed by atoms with E-state index in [1.165, 1.54) is 19.4 Å². The number of hydrogen-bond donors (Lipinski definition) is 1. The zero-order chi connectivity index (χ0) is 14.5. The molecule has 0 aromatic carbocycles. The summed E-state index contributed by atoms with van der Waals surface area (Å²) in [5, 5.41) is 3.83. The van der Waals surface area contributed by atoms with Crippen molar-refractivity contribution in [3.63, 3.8) is 0 Å². The molecule has 0 bridgehead atoms. The van der Waals surface area contributed by atoms with Crippen molar-refractivity contribution >= 4 is 0 Å². The van der Waals surface area contributed by atoms with Crippen LogP contribution < -0.4 is 5.32 Å². The van der Waals surface area contributed by atoms with Crippen molar-refractivity contribution in [2.45, 2.75) is 59.0 Å². The van der Waals surface area contributed by atoms with Gasteiger partial charge in [0.2, 0.25) is 0 Å². The first kappa shape index (κ1) is 16.9. The molecule has 1 fully saturated rings. The molecule has 114 valence electrons. The average molecular weight is 270 g/mol. The molecule has 3 nitrogen and oxygen atoms in total. The van der Waals surface area contributed by atoms with Gasteiger partial charge in [-0.3, -0.25) is 4.90 Å². The summed E-state index contributed by atoms with van der Waals surface area (Å²) in [4.78, 5) is 2.71. The van der Waals surface area contributed by atoms with Gasteiger partial charge in [-0.25, -0.2) is 0 Å². The highest BCUT2D eigenvalue weighted by molar-refractivity contribution is 4.97. The molecule has 0 aromatic heterocycles. The van der Waals surface area contributed by atoms with E-state index in [1.807, 2.05) is 0 Å². The SMILES string of the molecule is CCC1(CC)CN(CC(C)COC)C(C(C)C)CN1. The molecule has 1 aliphatic heterocycles. The molecule has 1 rings (SSSR count). The van der Waals surface area contributed by atoms with E-state index in [0.717, 1.165) is 19.7 Å². The van der Waals surface area contributed by atoms with Crippen LogP contribution in [0.1, 0.15) is 47.5 Å². The number of nitrogens with zero attached hydrogens (tertiary/aromatic N) is 1. The topological polar surface area (TPSA) is 24.5 Å². The van der Waals surface area contributed by atoms with Gasteiger partial charge in [0.05, 0.1) is 0 Å². The van der Waals surface area contributed by atoms with E-state index in [2.05, 4.69) is 44.8 Å². The molecule has 1 N–H and O–H groups in total. The van der Waals surface area contributed by atoms with Crippen molar-refractivity contribution in [1.29, 1.82) is 0 Å². The van der Waals surface area contributed by atoms with E-state index in [1.54, 1.807) is 7.11 Å². The first-order valence-corrected chi connectivity index (χ1v) is 7.96. The summed E-state index contributed by atoms with van der Waals surface area (Å²) >= 11 is 0. The monoisotopic (exact) mass is 270 g/mol. The van der Waals surface area contributed by atoms with E-state index < -0.39 is 0 Å². The molecule has 0 aromatic rings. The maximum absolute atomic E-state index is 5.30. The summed E-state index contributed by atoms with van der Waals surface area (Å²) in [6, 6.07) is 0.658. The van der Waals surface area contributed by atoms with Crippen LogP contribution in [0.4, 0.5) is 0 Å². The minimum atomic E-state index is 0.318. The lowest BCUT2D eigenvalue weighted by atomic mass is 9.86. The summed E-state index contributed by atoms with van der Waals surface area (Å²) in [5.74, 6) is 1.31. The van der Waals surface area contributed by atoms with Gasteiger partial charge >= 0.3 is 0 Å². The van der Waals surface area contributed by atoms with Crippen LogP contribution in [-0.2, 0) is 4.74 Å². The predicted octanol–water partition coefficient (Wildman–Crippen LogP) is 2.76. The minimum absolute atomic E-state index is 0.318. The summed E-state index contributed by atoms with van der Waals surface area (Å²) in [7, 11) is 1.80. The van der Waals surface area contributed by atoms with Crippen LogP contribution in [0.2, 0.25) is 0 Å². The maximum atomic E-state index is 5.30. The molecule has 0 radical (unpaired) electrons. The Morgan fingerprint density at radius 2 is 1.89 bits per heavy atom. The first-order chi connectivity index (χ1) is 8.98. The molecule has 2 atom stereocenters. The lowest BCUT2D eigenvalue weighted by Crippen LogP contribution is -2.65. The van der Waals surface area contributed by atoms with Crippen LogP contribution in [0.5, 0.6) is 0 Å². The smallest absolute Gasteiger partial charge is 0.0500 e. The summed E-state index contributed by atoms with van der Waals surface area (Å²) in [5.41, 5.74) is 0.318. The average Bonchev–Trinajstić information content (AvgIpc) is 2.38. The van der Waals surface area contributed by atoms with E-state index >= 15 is 0 Å². The minimum Gasteiger partial charge on any atom is -0.384 e. The van der Waals surface area contributed by atoms with Gasteiger partial charge in [-0.2, -0.15) is 0 Å². The Morgan fingerprint density at radius 3 is 2.37 bits per heavy atom. The van der Waals surface area contributed by atoms with Crippen LogP contribution in [0.15, 0.2) is 0 Å². The second-order valence-corrected chi connectivity index (χ2v) is 6.67. The molecule has 2 unspecified atom stereocenters. The fourth-order valence-corrected chi connectivity index (χ4v) is 3.33. The number of nitrogens with one attached hydrogen (secondary N) is 1. The van der Waals surface area contributed by atoms with Crippen molar-refractivity contribution in [1.82, 2.24) is 10.2 Å². The van der Waals surface area contributed by atoms with Crippen molar-refractivity contribution < 1.29 is 4.74 Å². The fourth-order valence-electron chi connectivity index (χ4n) is 3.33. The number of hydrogen-bond acceptors (Lipinski definition) is 3. The van der Waals surface area contributed by atoms with Crippen LogP contribution >= 0.6 is 0 Å². The maximum Gasteiger partial charge on any atom is 0.0500 e. The number of piperazine rings is 1. The Bertz CT molecular complexity index is 251. The third-order valence-electron chi connectivity index (χ3n) is 4.78. The zero-order valence-corrected chi connectivity index (χ0v) is 13.8. The van der Waals surface area contributed by atoms with E-state index in [9.17, 15) is 0 Å². The second-order valence-electron chi connectivity index (χ2n) is 6.67. The van der Waals surface area contributed by atoms with Gasteiger partial charge < -0.3 is 10.1 Å². The Balaban J connectivity index is 2.73. The highest BCUT2D eigenvalue weighted by atomic mass is 16.5. The number of methoxy groups -OCH3 is 1. The Labute approximate surface area is 120 Å². The molecule has 1 saturated heterocycles. The van der Waals surface area contributed by atoms with Crippen molar-refractivity contribution in [3.05, 3.63) is 0 Å². The van der Waals surface area contributed by atoms with Gasteiger partial charge in [-0.1, -0.05) is 34.6 Å². The normalized spacial score (nSPS) is 25.7. The molecular weight excluding hydrogens is 236 g/mol. The van der Waals surface area contributed by atoms with E-state index in [-0.39, 0.29) is 0 Å². The standard InChI is InChI=1S/C16H34N2O/c1-7-16(8-2)12-18(10-14(5)11-19-6)15(9-17-16)13(3)4/h13-15,17H,7-12H2,1-6H3. The summed E-state index contributed by atoms with van der Waals surface area (Å²) in [6.07, 6.45) is 2.42. The third kappa shape index (κ3) is 4.44. The summed E-state index contributed by atoms with van der Waals surface area (Å²) in [6.45, 7) is 15.9. The van der Waals surface area contributed by atoms with Crippen LogP contribution in [0.25, 0.3) is 0 Å². The van der Waals surface area contributed by atoms with Crippen LogP contribution in [0, 0.1) is 11.8 Å². The molecule has 0 spiro atoms. The molecule has 3 heteroatoms. The van der Waals surface area contributed by atoms with Crippen LogP contribution in [-0.4, -0.2) is 49.8 Å². The molecule has 0 saturated carbocycles. The lowest BCUT2D eigenvalue weighted by Gasteiger charge is -2.49. The van der Waals surface area contributed by atoms with Crippen molar-refractivity contribution in [3.8, 4) is 0 Å². The number of rotatable bonds is 7. The largest absolute Gasteiger partial charge is 0.384 e. The van der Waals surface area contributed by atoms with Gasteiger partial charge in [0.15, 0.2) is 0 Å². The van der Waals surface area contributed by atoms with E-state index in [4.69, 9.17) is 4.74 Å². The Kier molecular flexibility index (Phi) is 6.78. The molecule has 0 aliphatic carbocycles. The summed E-state index contributed by atoms with van der Waals surface area (Å²) < 4.78 is 5.30. The third-order valence-corrected chi connectivity index (χ3v) is 4.78. The highest BCUT2D eigenvalue weighted by Crippen LogP contribution is 2.26. The Morgan fingerprint density at radius 1 is 1.26 bits per heavy atom. The molecular formula is C16H34N2O. The second kappa shape index (κ2) is 7.61. The fraction of sp³-hybridized carbons (Fsp3) is 1.00. The van der Waals surface area contributed by atoms with Gasteiger partial charge in [-0.15, -0.1) is 0 Å². The van der Waals surface area contributed by atoms with Gasteiger partial charge in [0.1, 0.15) is 0 Å². The van der Waals surface area contributed by atoms with Crippen molar-refractivity contribution in [2.75, 3.05) is 33.4 Å². The quantitative estimate of drug-likeness (QED) is 0.770. The molecule has 1 heterocycles. The van der Waals surface area contributed by atoms with Crippen molar-refractivity contribution in [2.24, 2.45) is 11.8 Å². The Hall–Kier alpha value is -0.120. The van der Waals surface area contributed by atoms with Gasteiger partial charge in [0, 0.05) is 44.9 Å². The van der Waals surface area contributed by atoms with Gasteiger partial charge in [0.25, 0.3) is 0 Å². The molecule has 0 amide bonds. The lowest BCUT2D eigenvalue weighted by molar-refractivity contribution is 0.0282. The number of ether oxygens (including phenoxy) is 1. The van der Waals surface area contributed by atoms with Gasteiger partial charge in [-0.05, 0) is 24.7 Å². The highest BCUT2D eigenvalue weighted by Gasteiger charge is 2.37. The van der Waals surface area contributed by atoms with E-state index in [0.29, 0.717) is 23.4 Å². The first-order valence-electron chi connectivity index (χ1n) is 7.96. The molecule has 1 aliphatic rings. The zero-order valence-electron chi connectivity index (χ0n) is 13.8.